The van der Waals surface area contributed by atoms with Gasteiger partial charge in [-0.25, -0.2) is 4.98 Å². The van der Waals surface area contributed by atoms with Crippen LogP contribution in [0.2, 0.25) is 0 Å². The Morgan fingerprint density at radius 3 is 2.61 bits per heavy atom. The van der Waals surface area contributed by atoms with Crippen LogP contribution in [-0.2, 0) is 11.0 Å². The number of halogens is 6. The molecule has 1 atom stereocenters. The van der Waals surface area contributed by atoms with Crippen molar-refractivity contribution in [1.82, 2.24) is 9.88 Å². The molecule has 1 aliphatic heterocycles. The number of carbonyl (C=O) groups excluding carboxylic acids is 1. The fourth-order valence-corrected chi connectivity index (χ4v) is 2.16. The van der Waals surface area contributed by atoms with Crippen LogP contribution in [0, 0.1) is 0 Å². The Bertz CT molecular complexity index is 572. The van der Waals surface area contributed by atoms with Crippen molar-refractivity contribution in [2.24, 2.45) is 0 Å². The lowest BCUT2D eigenvalue weighted by molar-refractivity contribution is -0.160. The van der Waals surface area contributed by atoms with E-state index in [2.05, 4.69) is 4.98 Å². The number of pyridine rings is 1. The summed E-state index contributed by atoms with van der Waals surface area (Å²) in [6, 6.07) is 1.49. The van der Waals surface area contributed by atoms with Gasteiger partial charge in [0.15, 0.2) is 0 Å². The highest BCUT2D eigenvalue weighted by atomic mass is 19.4. The number of nitrogens with zero attached hydrogens (tertiary/aromatic N) is 2. The molecule has 0 aliphatic carbocycles. The summed E-state index contributed by atoms with van der Waals surface area (Å²) in [5.74, 6) is -1.37. The van der Waals surface area contributed by atoms with Crippen LogP contribution in [-0.4, -0.2) is 41.2 Å². The van der Waals surface area contributed by atoms with Crippen molar-refractivity contribution in [3.63, 3.8) is 0 Å². The molecule has 128 valence electrons. The lowest BCUT2D eigenvalue weighted by Crippen LogP contribution is -2.34. The summed E-state index contributed by atoms with van der Waals surface area (Å²) >= 11 is 0. The topological polar surface area (TPSA) is 42.4 Å². The zero-order valence-electron chi connectivity index (χ0n) is 11.6. The van der Waals surface area contributed by atoms with Gasteiger partial charge in [-0.05, 0) is 6.07 Å². The zero-order chi connectivity index (χ0) is 17.3. The largest absolute Gasteiger partial charge is 0.472 e. The highest BCUT2D eigenvalue weighted by molar-refractivity contribution is 5.77. The van der Waals surface area contributed by atoms with Crippen LogP contribution in [0.3, 0.4) is 0 Å². The number of rotatable bonds is 3. The van der Waals surface area contributed by atoms with Gasteiger partial charge in [0.25, 0.3) is 0 Å². The van der Waals surface area contributed by atoms with E-state index in [-0.39, 0.29) is 25.4 Å². The standard InChI is InChI=1S/C13H12F6N2O2/c14-12(15,16)6-11(22)21-4-2-9(7-21)23-10-5-8(1-3-20-10)13(17,18)19/h1,3,5,9H,2,4,6-7H2. The summed E-state index contributed by atoms with van der Waals surface area (Å²) in [5.41, 5.74) is -0.939. The second-order valence-electron chi connectivity index (χ2n) is 5.04. The van der Waals surface area contributed by atoms with Gasteiger partial charge in [-0.2, -0.15) is 26.3 Å². The highest BCUT2D eigenvalue weighted by Crippen LogP contribution is 2.31. The highest BCUT2D eigenvalue weighted by Gasteiger charge is 2.37. The van der Waals surface area contributed by atoms with Gasteiger partial charge in [0.1, 0.15) is 12.5 Å². The second-order valence-corrected chi connectivity index (χ2v) is 5.04. The second kappa shape index (κ2) is 6.25. The zero-order valence-corrected chi connectivity index (χ0v) is 11.6. The fourth-order valence-electron chi connectivity index (χ4n) is 2.16. The van der Waals surface area contributed by atoms with E-state index in [1.807, 2.05) is 0 Å². The number of aromatic nitrogens is 1. The number of ether oxygens (including phenoxy) is 1. The van der Waals surface area contributed by atoms with Crippen molar-refractivity contribution in [2.75, 3.05) is 13.1 Å². The van der Waals surface area contributed by atoms with Crippen LogP contribution in [0.5, 0.6) is 5.88 Å². The normalized spacial score (nSPS) is 19.0. The minimum absolute atomic E-state index is 0.0541. The van der Waals surface area contributed by atoms with Gasteiger partial charge in [-0.3, -0.25) is 4.79 Å². The lowest BCUT2D eigenvalue weighted by Gasteiger charge is -2.18. The lowest BCUT2D eigenvalue weighted by atomic mass is 10.2. The molecule has 1 unspecified atom stereocenters. The molecule has 0 aromatic carbocycles. The molecule has 1 aromatic rings. The van der Waals surface area contributed by atoms with Crippen molar-refractivity contribution >= 4 is 5.91 Å². The summed E-state index contributed by atoms with van der Waals surface area (Å²) < 4.78 is 79.4. The fraction of sp³-hybridized carbons (Fsp3) is 0.538. The summed E-state index contributed by atoms with van der Waals surface area (Å²) in [6.07, 6.45) is -10.3. The Morgan fingerprint density at radius 1 is 1.30 bits per heavy atom. The molecule has 2 rings (SSSR count). The number of alkyl halides is 6. The first-order valence-corrected chi connectivity index (χ1v) is 6.59. The maximum atomic E-state index is 12.6. The van der Waals surface area contributed by atoms with Crippen LogP contribution in [0.4, 0.5) is 26.3 Å². The van der Waals surface area contributed by atoms with Gasteiger partial charge >= 0.3 is 12.4 Å². The Balaban J connectivity index is 1.95. The SMILES string of the molecule is O=C(CC(F)(F)F)N1CCC(Oc2cc(C(F)(F)F)ccn2)C1. The number of amides is 1. The van der Waals surface area contributed by atoms with Gasteiger partial charge in [-0.1, -0.05) is 0 Å². The summed E-state index contributed by atoms with van der Waals surface area (Å²) in [7, 11) is 0. The first kappa shape index (κ1) is 17.4. The quantitative estimate of drug-likeness (QED) is 0.793. The summed E-state index contributed by atoms with van der Waals surface area (Å²) in [5, 5.41) is 0. The molecule has 1 amide bonds. The third kappa shape index (κ3) is 5.00. The predicted molar refractivity (Wildman–Crippen MR) is 65.5 cm³/mol. The Kier molecular flexibility index (Phi) is 4.71. The molecular weight excluding hydrogens is 330 g/mol. The molecule has 2 heterocycles. The van der Waals surface area contributed by atoms with E-state index in [4.69, 9.17) is 4.74 Å². The van der Waals surface area contributed by atoms with Crippen LogP contribution < -0.4 is 4.74 Å². The van der Waals surface area contributed by atoms with Crippen molar-refractivity contribution in [3.05, 3.63) is 23.9 Å². The number of carbonyl (C=O) groups is 1. The van der Waals surface area contributed by atoms with E-state index in [0.717, 1.165) is 17.2 Å². The third-order valence-electron chi connectivity index (χ3n) is 3.20. The van der Waals surface area contributed by atoms with Gasteiger partial charge in [0.05, 0.1) is 12.1 Å². The third-order valence-corrected chi connectivity index (χ3v) is 3.20. The summed E-state index contributed by atoms with van der Waals surface area (Å²) in [6.45, 7) is -0.0641. The number of hydrogen-bond acceptors (Lipinski definition) is 3. The molecule has 0 radical (unpaired) electrons. The molecule has 1 fully saturated rings. The molecule has 1 aromatic heterocycles. The Labute approximate surface area is 127 Å². The Morgan fingerprint density at radius 2 is 2.00 bits per heavy atom. The molecule has 23 heavy (non-hydrogen) atoms. The van der Waals surface area contributed by atoms with Crippen molar-refractivity contribution in [1.29, 1.82) is 0 Å². The first-order valence-electron chi connectivity index (χ1n) is 6.59. The average molecular weight is 342 g/mol. The number of hydrogen-bond donors (Lipinski definition) is 0. The maximum Gasteiger partial charge on any atom is 0.416 e. The molecule has 4 nitrogen and oxygen atoms in total. The molecule has 0 N–H and O–H groups in total. The van der Waals surface area contributed by atoms with Gasteiger partial charge < -0.3 is 9.64 Å². The average Bonchev–Trinajstić information content (AvgIpc) is 2.85. The van der Waals surface area contributed by atoms with Crippen molar-refractivity contribution in [2.45, 2.75) is 31.3 Å². The first-order chi connectivity index (χ1) is 10.5. The van der Waals surface area contributed by atoms with Crippen LogP contribution >= 0.6 is 0 Å². The monoisotopic (exact) mass is 342 g/mol. The Hall–Kier alpha value is -2.00. The van der Waals surface area contributed by atoms with Gasteiger partial charge in [0.2, 0.25) is 11.8 Å². The van der Waals surface area contributed by atoms with Crippen molar-refractivity contribution < 1.29 is 35.9 Å². The van der Waals surface area contributed by atoms with E-state index >= 15 is 0 Å². The molecule has 0 saturated carbocycles. The van der Waals surface area contributed by atoms with Gasteiger partial charge in [-0.15, -0.1) is 0 Å². The van der Waals surface area contributed by atoms with Gasteiger partial charge in [0, 0.05) is 25.2 Å². The molecule has 0 spiro atoms. The molecule has 1 aliphatic rings. The van der Waals surface area contributed by atoms with Crippen LogP contribution in [0.15, 0.2) is 18.3 Å². The van der Waals surface area contributed by atoms with Crippen LogP contribution in [0.25, 0.3) is 0 Å². The molecule has 1 saturated heterocycles. The van der Waals surface area contributed by atoms with Crippen molar-refractivity contribution in [3.8, 4) is 5.88 Å². The predicted octanol–water partition coefficient (Wildman–Crippen LogP) is 3.03. The van der Waals surface area contributed by atoms with Crippen LogP contribution in [0.1, 0.15) is 18.4 Å². The minimum atomic E-state index is -4.60. The molecule has 10 heteroatoms. The molecule has 0 bridgehead atoms. The summed E-state index contributed by atoms with van der Waals surface area (Å²) in [4.78, 5) is 16.0. The minimum Gasteiger partial charge on any atom is -0.472 e. The smallest absolute Gasteiger partial charge is 0.416 e. The van der Waals surface area contributed by atoms with E-state index < -0.39 is 36.3 Å². The van der Waals surface area contributed by atoms with E-state index in [0.29, 0.717) is 6.07 Å². The van der Waals surface area contributed by atoms with E-state index in [1.165, 1.54) is 0 Å². The number of likely N-dealkylation sites (tertiary alicyclic amines) is 1. The van der Waals surface area contributed by atoms with E-state index in [1.54, 1.807) is 0 Å². The maximum absolute atomic E-state index is 12.6. The van der Waals surface area contributed by atoms with E-state index in [9.17, 15) is 31.1 Å². The molecular formula is C13H12F6N2O2.